The number of imidazole rings is 1. The van der Waals surface area contributed by atoms with Crippen LogP contribution in [0.3, 0.4) is 0 Å². The molecule has 0 fully saturated rings. The molecule has 0 amide bonds. The Morgan fingerprint density at radius 2 is 1.86 bits per heavy atom. The minimum atomic E-state index is -0.940. The molecule has 0 atom stereocenters. The molecule has 1 aromatic heterocycles. The number of benzene rings is 2. The van der Waals surface area contributed by atoms with E-state index >= 15 is 0 Å². The summed E-state index contributed by atoms with van der Waals surface area (Å²) in [4.78, 5) is 4.05. The van der Waals surface area contributed by atoms with Crippen LogP contribution >= 0.6 is 0 Å². The average molecular weight is 289 g/mol. The lowest BCUT2D eigenvalue weighted by atomic mass is 10.2. The monoisotopic (exact) mass is 289 g/mol. The fourth-order valence-corrected chi connectivity index (χ4v) is 2.25. The number of ether oxygens (including phenoxy) is 1. The van der Waals surface area contributed by atoms with E-state index in [0.717, 1.165) is 17.4 Å². The zero-order valence-electron chi connectivity index (χ0n) is 11.3. The van der Waals surface area contributed by atoms with Gasteiger partial charge in [-0.25, -0.2) is 13.8 Å². The van der Waals surface area contributed by atoms with Gasteiger partial charge < -0.3 is 15.0 Å². The Morgan fingerprint density at radius 3 is 2.52 bits per heavy atom. The van der Waals surface area contributed by atoms with Gasteiger partial charge in [0, 0.05) is 0 Å². The fraction of sp³-hybridized carbons (Fsp3) is 0.133. The predicted molar refractivity (Wildman–Crippen MR) is 76.2 cm³/mol. The average Bonchev–Trinajstić information content (AvgIpc) is 2.81. The van der Waals surface area contributed by atoms with Crippen molar-refractivity contribution >= 4 is 17.0 Å². The van der Waals surface area contributed by atoms with Gasteiger partial charge in [-0.1, -0.05) is 12.1 Å². The molecule has 2 aromatic carbocycles. The Bertz CT molecular complexity index is 797. The number of aromatic nitrogens is 2. The Kier molecular flexibility index (Phi) is 3.21. The predicted octanol–water partition coefficient (Wildman–Crippen LogP) is 2.95. The second kappa shape index (κ2) is 5.05. The van der Waals surface area contributed by atoms with Crippen molar-refractivity contribution < 1.29 is 13.5 Å². The second-order valence-corrected chi connectivity index (χ2v) is 4.63. The van der Waals surface area contributed by atoms with Crippen molar-refractivity contribution in [2.75, 3.05) is 12.8 Å². The molecule has 0 spiro atoms. The third-order valence-electron chi connectivity index (χ3n) is 3.33. The van der Waals surface area contributed by atoms with Crippen LogP contribution < -0.4 is 10.5 Å². The molecule has 0 aliphatic carbocycles. The summed E-state index contributed by atoms with van der Waals surface area (Å²) in [7, 11) is 1.58. The first-order chi connectivity index (χ1) is 10.1. The highest BCUT2D eigenvalue weighted by atomic mass is 19.2. The van der Waals surface area contributed by atoms with Crippen LogP contribution in [0.2, 0.25) is 0 Å². The molecule has 6 heteroatoms. The van der Waals surface area contributed by atoms with Gasteiger partial charge in [0.2, 0.25) is 5.95 Å². The number of hydrogen-bond acceptors (Lipinski definition) is 3. The number of methoxy groups -OCH3 is 1. The van der Waals surface area contributed by atoms with Crippen LogP contribution in [-0.4, -0.2) is 16.7 Å². The van der Waals surface area contributed by atoms with Gasteiger partial charge in [-0.3, -0.25) is 0 Å². The quantitative estimate of drug-likeness (QED) is 0.806. The van der Waals surface area contributed by atoms with Crippen molar-refractivity contribution in [2.45, 2.75) is 6.54 Å². The van der Waals surface area contributed by atoms with E-state index < -0.39 is 11.6 Å². The summed E-state index contributed by atoms with van der Waals surface area (Å²) in [5, 5.41) is 0. The van der Waals surface area contributed by atoms with Crippen molar-refractivity contribution in [3.63, 3.8) is 0 Å². The first kappa shape index (κ1) is 13.4. The number of fused-ring (bicyclic) bond motifs is 1. The van der Waals surface area contributed by atoms with Crippen molar-refractivity contribution in [3.05, 3.63) is 53.6 Å². The van der Waals surface area contributed by atoms with E-state index in [1.165, 1.54) is 10.6 Å². The number of nitrogens with zero attached hydrogens (tertiary/aromatic N) is 2. The maximum Gasteiger partial charge on any atom is 0.201 e. The Labute approximate surface area is 119 Å². The molecule has 108 valence electrons. The third-order valence-corrected chi connectivity index (χ3v) is 3.33. The van der Waals surface area contributed by atoms with Crippen LogP contribution in [0.4, 0.5) is 14.7 Å². The number of nitrogens with two attached hydrogens (primary N) is 1. The summed E-state index contributed by atoms with van der Waals surface area (Å²) in [5.41, 5.74) is 7.10. The van der Waals surface area contributed by atoms with Crippen LogP contribution in [-0.2, 0) is 6.54 Å². The molecule has 0 saturated heterocycles. The number of anilines is 1. The van der Waals surface area contributed by atoms with Crippen LogP contribution in [0.5, 0.6) is 5.75 Å². The van der Waals surface area contributed by atoms with Gasteiger partial charge in [-0.05, 0) is 29.8 Å². The van der Waals surface area contributed by atoms with Gasteiger partial charge in [0.25, 0.3) is 0 Å². The lowest BCUT2D eigenvalue weighted by molar-refractivity contribution is 0.414. The molecular weight excluding hydrogens is 276 g/mol. The number of rotatable bonds is 3. The van der Waals surface area contributed by atoms with E-state index in [1.54, 1.807) is 19.2 Å². The summed E-state index contributed by atoms with van der Waals surface area (Å²) in [6, 6.07) is 9.71. The van der Waals surface area contributed by atoms with E-state index in [-0.39, 0.29) is 11.5 Å². The summed E-state index contributed by atoms with van der Waals surface area (Å²) in [5.74, 6) is -0.992. The number of halogens is 2. The lowest BCUT2D eigenvalue weighted by Gasteiger charge is -2.08. The van der Waals surface area contributed by atoms with E-state index in [9.17, 15) is 8.78 Å². The second-order valence-electron chi connectivity index (χ2n) is 4.63. The molecule has 3 rings (SSSR count). The summed E-state index contributed by atoms with van der Waals surface area (Å²) in [6.45, 7) is 0.298. The lowest BCUT2D eigenvalue weighted by Crippen LogP contribution is -2.06. The highest BCUT2D eigenvalue weighted by molar-refractivity contribution is 5.79. The zero-order valence-corrected chi connectivity index (χ0v) is 11.3. The largest absolute Gasteiger partial charge is 0.497 e. The van der Waals surface area contributed by atoms with Crippen molar-refractivity contribution in [1.29, 1.82) is 0 Å². The minimum Gasteiger partial charge on any atom is -0.497 e. The molecule has 0 aliphatic heterocycles. The minimum absolute atomic E-state index is 0.0725. The van der Waals surface area contributed by atoms with Gasteiger partial charge in [0.05, 0.1) is 19.2 Å². The van der Waals surface area contributed by atoms with Gasteiger partial charge in [0.1, 0.15) is 11.3 Å². The highest BCUT2D eigenvalue weighted by Crippen LogP contribution is 2.24. The van der Waals surface area contributed by atoms with E-state index in [2.05, 4.69) is 4.98 Å². The van der Waals surface area contributed by atoms with Crippen LogP contribution in [0, 0.1) is 11.6 Å². The number of hydrogen-bond donors (Lipinski definition) is 1. The fourth-order valence-electron chi connectivity index (χ4n) is 2.25. The van der Waals surface area contributed by atoms with E-state index in [0.29, 0.717) is 12.1 Å². The SMILES string of the molecule is COc1ccc(Cn2c(N)nc3ccc(F)c(F)c32)cc1. The summed E-state index contributed by atoms with van der Waals surface area (Å²) >= 11 is 0. The van der Waals surface area contributed by atoms with Gasteiger partial charge in [-0.15, -0.1) is 0 Å². The summed E-state index contributed by atoms with van der Waals surface area (Å²) in [6.07, 6.45) is 0. The first-order valence-corrected chi connectivity index (χ1v) is 6.33. The van der Waals surface area contributed by atoms with E-state index in [4.69, 9.17) is 10.5 Å². The van der Waals surface area contributed by atoms with Gasteiger partial charge in [-0.2, -0.15) is 0 Å². The molecule has 3 aromatic rings. The molecule has 0 radical (unpaired) electrons. The molecule has 0 bridgehead atoms. The molecule has 0 unspecified atom stereocenters. The smallest absolute Gasteiger partial charge is 0.201 e. The Morgan fingerprint density at radius 1 is 1.14 bits per heavy atom. The van der Waals surface area contributed by atoms with E-state index in [1.807, 2.05) is 12.1 Å². The molecular formula is C15H13F2N3O. The van der Waals surface area contributed by atoms with Gasteiger partial charge in [0.15, 0.2) is 11.6 Å². The van der Waals surface area contributed by atoms with Crippen LogP contribution in [0.25, 0.3) is 11.0 Å². The molecule has 21 heavy (non-hydrogen) atoms. The Balaban J connectivity index is 2.07. The third kappa shape index (κ3) is 2.29. The molecule has 4 nitrogen and oxygen atoms in total. The molecule has 0 saturated carbocycles. The van der Waals surface area contributed by atoms with Gasteiger partial charge >= 0.3 is 0 Å². The maximum absolute atomic E-state index is 14.0. The zero-order chi connectivity index (χ0) is 15.0. The maximum atomic E-state index is 14.0. The molecule has 1 heterocycles. The highest BCUT2D eigenvalue weighted by Gasteiger charge is 2.16. The summed E-state index contributed by atoms with van der Waals surface area (Å²) < 4.78 is 33.9. The van der Waals surface area contributed by atoms with Crippen LogP contribution in [0.15, 0.2) is 36.4 Å². The molecule has 2 N–H and O–H groups in total. The first-order valence-electron chi connectivity index (χ1n) is 6.33. The Hall–Kier alpha value is -2.63. The van der Waals surface area contributed by atoms with Crippen molar-refractivity contribution in [3.8, 4) is 5.75 Å². The normalized spacial score (nSPS) is 11.0. The van der Waals surface area contributed by atoms with Crippen molar-refractivity contribution in [2.24, 2.45) is 0 Å². The molecule has 0 aliphatic rings. The topological polar surface area (TPSA) is 53.1 Å². The number of nitrogen functional groups attached to an aromatic ring is 1. The van der Waals surface area contributed by atoms with Crippen molar-refractivity contribution in [1.82, 2.24) is 9.55 Å². The standard InChI is InChI=1S/C15H13F2N3O/c1-21-10-4-2-9(3-5-10)8-20-14-12(19-15(20)18)7-6-11(16)13(14)17/h2-7H,8H2,1H3,(H2,18,19). The van der Waals surface area contributed by atoms with Crippen LogP contribution in [0.1, 0.15) is 5.56 Å².